The molecule has 0 heterocycles. The van der Waals surface area contributed by atoms with Crippen molar-refractivity contribution < 1.29 is 27.5 Å². The molecule has 1 rings (SSSR count). The highest BCUT2D eigenvalue weighted by molar-refractivity contribution is 5.90. The lowest BCUT2D eigenvalue weighted by Gasteiger charge is -2.11. The van der Waals surface area contributed by atoms with Crippen LogP contribution in [0.25, 0.3) is 6.08 Å². The Balaban J connectivity index is 2.58. The molecule has 23 heavy (non-hydrogen) atoms. The van der Waals surface area contributed by atoms with Crippen molar-refractivity contribution in [3.05, 3.63) is 54.1 Å². The Morgan fingerprint density at radius 1 is 1.30 bits per heavy atom. The Hall–Kier alpha value is -2.57. The maximum atomic E-state index is 12.4. The fourth-order valence-corrected chi connectivity index (χ4v) is 1.53. The molecular formula is C16H16F3NO3. The zero-order valence-corrected chi connectivity index (χ0v) is 12.4. The van der Waals surface area contributed by atoms with E-state index in [2.05, 4.69) is 11.9 Å². The van der Waals surface area contributed by atoms with E-state index in [4.69, 9.17) is 4.74 Å². The van der Waals surface area contributed by atoms with Crippen molar-refractivity contribution in [2.75, 3.05) is 6.54 Å². The number of nitrogens with one attached hydrogen (secondary N) is 1. The van der Waals surface area contributed by atoms with Gasteiger partial charge in [0.15, 0.2) is 6.10 Å². The van der Waals surface area contributed by atoms with Crippen molar-refractivity contribution in [1.29, 1.82) is 0 Å². The summed E-state index contributed by atoms with van der Waals surface area (Å²) in [7, 11) is 0. The van der Waals surface area contributed by atoms with Gasteiger partial charge in [0.1, 0.15) is 0 Å². The molecule has 0 unspecified atom stereocenters. The minimum atomic E-state index is -4.41. The second-order valence-corrected chi connectivity index (χ2v) is 4.57. The van der Waals surface area contributed by atoms with E-state index >= 15 is 0 Å². The van der Waals surface area contributed by atoms with Crippen molar-refractivity contribution in [3.8, 4) is 0 Å². The third-order valence-electron chi connectivity index (χ3n) is 2.73. The van der Waals surface area contributed by atoms with Gasteiger partial charge in [0, 0.05) is 12.6 Å². The second kappa shape index (κ2) is 8.17. The first kappa shape index (κ1) is 18.5. The van der Waals surface area contributed by atoms with E-state index in [1.165, 1.54) is 31.2 Å². The smallest absolute Gasteiger partial charge is 0.416 e. The molecule has 7 heteroatoms. The molecule has 0 aromatic heterocycles. The zero-order valence-electron chi connectivity index (χ0n) is 12.4. The summed E-state index contributed by atoms with van der Waals surface area (Å²) in [5.41, 5.74) is -0.372. The highest BCUT2D eigenvalue weighted by Gasteiger charge is 2.29. The van der Waals surface area contributed by atoms with Crippen molar-refractivity contribution in [3.63, 3.8) is 0 Å². The normalized spacial score (nSPS) is 12.7. The first-order valence-electron chi connectivity index (χ1n) is 6.68. The number of esters is 1. The Morgan fingerprint density at radius 3 is 2.43 bits per heavy atom. The molecule has 0 saturated carbocycles. The molecule has 0 spiro atoms. The van der Waals surface area contributed by atoms with Gasteiger partial charge in [-0.05, 0) is 30.7 Å². The van der Waals surface area contributed by atoms with Crippen LogP contribution < -0.4 is 5.32 Å². The highest BCUT2D eigenvalue weighted by atomic mass is 19.4. The largest absolute Gasteiger partial charge is 0.449 e. The van der Waals surface area contributed by atoms with Gasteiger partial charge in [-0.15, -0.1) is 6.58 Å². The van der Waals surface area contributed by atoms with E-state index in [1.807, 2.05) is 0 Å². The fraction of sp³-hybridized carbons (Fsp3) is 0.250. The molecule has 4 nitrogen and oxygen atoms in total. The predicted octanol–water partition coefficient (Wildman–Crippen LogP) is 2.95. The van der Waals surface area contributed by atoms with E-state index in [1.54, 1.807) is 0 Å². The van der Waals surface area contributed by atoms with Gasteiger partial charge in [0.2, 0.25) is 0 Å². The number of benzene rings is 1. The number of carbonyl (C=O) groups is 2. The van der Waals surface area contributed by atoms with Crippen LogP contribution >= 0.6 is 0 Å². The standard InChI is InChI=1S/C16H16F3NO3/c1-3-10-20-15(22)11(2)23-14(21)9-6-12-4-7-13(8-5-12)16(17,18)19/h3-9,11H,1,10H2,2H3,(H,20,22)/b9-6+/t11-/m1/s1. The van der Waals surface area contributed by atoms with Gasteiger partial charge >= 0.3 is 12.1 Å². The third-order valence-corrected chi connectivity index (χ3v) is 2.73. The summed E-state index contributed by atoms with van der Waals surface area (Å²) in [6, 6.07) is 4.28. The molecule has 0 radical (unpaired) electrons. The molecule has 0 aliphatic rings. The molecule has 1 N–H and O–H groups in total. The van der Waals surface area contributed by atoms with Crippen LogP contribution in [-0.4, -0.2) is 24.5 Å². The van der Waals surface area contributed by atoms with E-state index in [-0.39, 0.29) is 6.54 Å². The molecule has 0 aliphatic heterocycles. The van der Waals surface area contributed by atoms with Crippen LogP contribution in [0.1, 0.15) is 18.1 Å². The van der Waals surface area contributed by atoms with E-state index in [0.29, 0.717) is 5.56 Å². The predicted molar refractivity (Wildman–Crippen MR) is 79.2 cm³/mol. The summed E-state index contributed by atoms with van der Waals surface area (Å²) in [6.07, 6.45) is -1.57. The Labute approximate surface area is 131 Å². The van der Waals surface area contributed by atoms with Gasteiger partial charge in [0.25, 0.3) is 5.91 Å². The lowest BCUT2D eigenvalue weighted by molar-refractivity contribution is -0.150. The Bertz CT molecular complexity index is 592. The van der Waals surface area contributed by atoms with Gasteiger partial charge in [-0.25, -0.2) is 4.79 Å². The number of halogens is 3. The van der Waals surface area contributed by atoms with Gasteiger partial charge in [-0.1, -0.05) is 18.2 Å². The van der Waals surface area contributed by atoms with E-state index < -0.39 is 29.7 Å². The molecule has 0 saturated heterocycles. The monoisotopic (exact) mass is 327 g/mol. The first-order valence-corrected chi connectivity index (χ1v) is 6.68. The average Bonchev–Trinajstić information content (AvgIpc) is 2.50. The van der Waals surface area contributed by atoms with Crippen LogP contribution in [0.2, 0.25) is 0 Å². The van der Waals surface area contributed by atoms with Gasteiger partial charge in [-0.3, -0.25) is 4.79 Å². The maximum absolute atomic E-state index is 12.4. The molecule has 0 fully saturated rings. The topological polar surface area (TPSA) is 55.4 Å². The minimum Gasteiger partial charge on any atom is -0.449 e. The van der Waals surface area contributed by atoms with Gasteiger partial charge in [-0.2, -0.15) is 13.2 Å². The Morgan fingerprint density at radius 2 is 1.91 bits per heavy atom. The van der Waals surface area contributed by atoms with Crippen molar-refractivity contribution >= 4 is 18.0 Å². The summed E-state index contributed by atoms with van der Waals surface area (Å²) in [4.78, 5) is 23.0. The van der Waals surface area contributed by atoms with Crippen LogP contribution in [0.4, 0.5) is 13.2 Å². The van der Waals surface area contributed by atoms with Gasteiger partial charge in [0.05, 0.1) is 5.56 Å². The zero-order chi connectivity index (χ0) is 17.5. The number of hydrogen-bond donors (Lipinski definition) is 1. The molecule has 1 aromatic rings. The van der Waals surface area contributed by atoms with Crippen LogP contribution in [0.15, 0.2) is 43.0 Å². The maximum Gasteiger partial charge on any atom is 0.416 e. The lowest BCUT2D eigenvalue weighted by atomic mass is 10.1. The van der Waals surface area contributed by atoms with Gasteiger partial charge < -0.3 is 10.1 Å². The van der Waals surface area contributed by atoms with Crippen molar-refractivity contribution in [2.24, 2.45) is 0 Å². The number of hydrogen-bond acceptors (Lipinski definition) is 3. The summed E-state index contributed by atoms with van der Waals surface area (Å²) < 4.78 is 42.1. The van der Waals surface area contributed by atoms with E-state index in [9.17, 15) is 22.8 Å². The number of amides is 1. The first-order chi connectivity index (χ1) is 10.7. The molecule has 1 atom stereocenters. The molecule has 0 bridgehead atoms. The number of alkyl halides is 3. The number of carbonyl (C=O) groups excluding carboxylic acids is 2. The van der Waals surface area contributed by atoms with Crippen LogP contribution in [0.5, 0.6) is 0 Å². The summed E-state index contributed by atoms with van der Waals surface area (Å²) in [5.74, 6) is -1.24. The van der Waals surface area contributed by atoms with Crippen LogP contribution in [0, 0.1) is 0 Å². The highest BCUT2D eigenvalue weighted by Crippen LogP contribution is 2.29. The molecule has 1 amide bonds. The SMILES string of the molecule is C=CCNC(=O)[C@@H](C)OC(=O)/C=C/c1ccc(C(F)(F)F)cc1. The number of rotatable bonds is 6. The second-order valence-electron chi connectivity index (χ2n) is 4.57. The molecule has 124 valence electrons. The third kappa shape index (κ3) is 6.37. The van der Waals surface area contributed by atoms with Crippen molar-refractivity contribution in [1.82, 2.24) is 5.32 Å². The summed E-state index contributed by atoms with van der Waals surface area (Å²) in [6.45, 7) is 5.09. The van der Waals surface area contributed by atoms with Crippen LogP contribution in [-0.2, 0) is 20.5 Å². The minimum absolute atomic E-state index is 0.252. The fourth-order valence-electron chi connectivity index (χ4n) is 1.53. The average molecular weight is 327 g/mol. The number of ether oxygens (including phenoxy) is 1. The van der Waals surface area contributed by atoms with Crippen LogP contribution in [0.3, 0.4) is 0 Å². The molecule has 1 aromatic carbocycles. The quantitative estimate of drug-likeness (QED) is 0.496. The summed E-state index contributed by atoms with van der Waals surface area (Å²) >= 11 is 0. The molecule has 0 aliphatic carbocycles. The lowest BCUT2D eigenvalue weighted by Crippen LogP contribution is -2.35. The Kier molecular flexibility index (Phi) is 6.56. The van der Waals surface area contributed by atoms with E-state index in [0.717, 1.165) is 18.2 Å². The molecular weight excluding hydrogens is 311 g/mol. The summed E-state index contributed by atoms with van der Waals surface area (Å²) in [5, 5.41) is 2.47. The van der Waals surface area contributed by atoms with Crippen molar-refractivity contribution in [2.45, 2.75) is 19.2 Å².